The van der Waals surface area contributed by atoms with Gasteiger partial charge in [-0.25, -0.2) is 9.78 Å². The molecule has 0 aliphatic carbocycles. The fourth-order valence-corrected chi connectivity index (χ4v) is 4.59. The Morgan fingerprint density at radius 1 is 1.42 bits per heavy atom. The van der Waals surface area contributed by atoms with Crippen LogP contribution < -0.4 is 0 Å². The zero-order chi connectivity index (χ0) is 16.6. The van der Waals surface area contributed by atoms with Gasteiger partial charge in [-0.15, -0.1) is 11.3 Å². The maximum absolute atomic E-state index is 12.4. The van der Waals surface area contributed by atoms with E-state index < -0.39 is 0 Å². The van der Waals surface area contributed by atoms with Crippen LogP contribution in [0.1, 0.15) is 30.0 Å². The minimum atomic E-state index is -0.173. The van der Waals surface area contributed by atoms with Gasteiger partial charge in [0.15, 0.2) is 0 Å². The first-order valence-corrected chi connectivity index (χ1v) is 9.71. The van der Waals surface area contributed by atoms with Crippen LogP contribution in [-0.2, 0) is 16.1 Å². The second-order valence-corrected chi connectivity index (χ2v) is 8.17. The van der Waals surface area contributed by atoms with Gasteiger partial charge in [0.05, 0.1) is 37.0 Å². The number of carbonyl (C=O) groups excluding carboxylic acids is 1. The van der Waals surface area contributed by atoms with Crippen LogP contribution >= 0.6 is 11.3 Å². The zero-order valence-corrected chi connectivity index (χ0v) is 15.0. The molecule has 6 nitrogen and oxygen atoms in total. The van der Waals surface area contributed by atoms with Gasteiger partial charge >= 0.3 is 6.03 Å². The van der Waals surface area contributed by atoms with Crippen molar-refractivity contribution < 1.29 is 14.3 Å². The summed E-state index contributed by atoms with van der Waals surface area (Å²) in [6.07, 6.45) is 3.28. The van der Waals surface area contributed by atoms with Gasteiger partial charge in [-0.05, 0) is 26.2 Å². The molecule has 1 spiro atoms. The number of amides is 2. The van der Waals surface area contributed by atoms with Crippen LogP contribution in [0.5, 0.6) is 0 Å². The molecule has 1 unspecified atom stereocenters. The third-order valence-electron chi connectivity index (χ3n) is 5.40. The molecular weight excluding hydrogens is 326 g/mol. The van der Waals surface area contributed by atoms with Crippen molar-refractivity contribution in [3.05, 3.63) is 16.1 Å². The number of urea groups is 1. The summed E-state index contributed by atoms with van der Waals surface area (Å²) < 4.78 is 11.9. The molecule has 7 heteroatoms. The van der Waals surface area contributed by atoms with Gasteiger partial charge < -0.3 is 19.3 Å². The van der Waals surface area contributed by atoms with E-state index in [2.05, 4.69) is 10.4 Å². The Kier molecular flexibility index (Phi) is 4.49. The van der Waals surface area contributed by atoms with Gasteiger partial charge in [0.25, 0.3) is 0 Å². The van der Waals surface area contributed by atoms with E-state index in [1.54, 1.807) is 11.3 Å². The van der Waals surface area contributed by atoms with Gasteiger partial charge in [-0.1, -0.05) is 0 Å². The molecule has 3 fully saturated rings. The molecule has 0 N–H and O–H groups in total. The molecule has 132 valence electrons. The van der Waals surface area contributed by atoms with E-state index in [1.165, 1.54) is 0 Å². The fourth-order valence-electron chi connectivity index (χ4n) is 3.99. The second kappa shape index (κ2) is 6.61. The number of rotatable bonds is 4. The fraction of sp³-hybridized carbons (Fsp3) is 0.765. The van der Waals surface area contributed by atoms with Crippen molar-refractivity contribution >= 4 is 17.4 Å². The highest BCUT2D eigenvalue weighted by Crippen LogP contribution is 2.40. The van der Waals surface area contributed by atoms with Crippen LogP contribution in [0.25, 0.3) is 0 Å². The molecule has 1 aromatic heterocycles. The van der Waals surface area contributed by atoms with Crippen LogP contribution in [0.2, 0.25) is 0 Å². The summed E-state index contributed by atoms with van der Waals surface area (Å²) in [7, 11) is 0. The van der Waals surface area contributed by atoms with Crippen LogP contribution in [0.15, 0.2) is 5.38 Å². The third kappa shape index (κ3) is 3.05. The number of likely N-dealkylation sites (tertiary alicyclic amines) is 2. The van der Waals surface area contributed by atoms with Crippen LogP contribution in [0, 0.1) is 12.8 Å². The Morgan fingerprint density at radius 3 is 2.92 bits per heavy atom. The van der Waals surface area contributed by atoms with Gasteiger partial charge in [0.2, 0.25) is 0 Å². The van der Waals surface area contributed by atoms with Gasteiger partial charge in [-0.2, -0.15) is 0 Å². The first-order valence-electron chi connectivity index (χ1n) is 8.83. The molecular formula is C17H25N3O3S. The molecule has 0 bridgehead atoms. The molecule has 2 amide bonds. The molecule has 3 aliphatic heterocycles. The number of aryl methyl sites for hydroxylation is 1. The quantitative estimate of drug-likeness (QED) is 0.835. The maximum atomic E-state index is 12.4. The predicted octanol–water partition coefficient (Wildman–Crippen LogP) is 2.27. The molecule has 0 saturated carbocycles. The lowest BCUT2D eigenvalue weighted by Crippen LogP contribution is -2.68. The standard InChI is InChI=1S/C17H25N3O3S/c1-13-18-15(10-24-13)9-22-8-14-4-7-23-17(14)11-20(12-17)16(21)19-5-2-3-6-19/h10,14H,2-9,11-12H2,1H3. The molecule has 0 aromatic carbocycles. The number of thiazole rings is 1. The van der Waals surface area contributed by atoms with Gasteiger partial charge in [-0.3, -0.25) is 0 Å². The molecule has 24 heavy (non-hydrogen) atoms. The summed E-state index contributed by atoms with van der Waals surface area (Å²) >= 11 is 1.65. The van der Waals surface area contributed by atoms with E-state index in [4.69, 9.17) is 9.47 Å². The number of hydrogen-bond donors (Lipinski definition) is 0. The molecule has 4 heterocycles. The average Bonchev–Trinajstić information content (AvgIpc) is 3.25. The molecule has 4 rings (SSSR count). The Labute approximate surface area is 146 Å². The van der Waals surface area contributed by atoms with E-state index in [0.29, 0.717) is 32.2 Å². The summed E-state index contributed by atoms with van der Waals surface area (Å²) in [4.78, 5) is 20.8. The van der Waals surface area contributed by atoms with Gasteiger partial charge in [0.1, 0.15) is 5.60 Å². The van der Waals surface area contributed by atoms with Crippen molar-refractivity contribution in [3.8, 4) is 0 Å². The Bertz CT molecular complexity index is 594. The Morgan fingerprint density at radius 2 is 2.21 bits per heavy atom. The van der Waals surface area contributed by atoms with Crippen molar-refractivity contribution in [3.63, 3.8) is 0 Å². The lowest BCUT2D eigenvalue weighted by atomic mass is 9.81. The number of nitrogens with zero attached hydrogens (tertiary/aromatic N) is 3. The topological polar surface area (TPSA) is 54.9 Å². The second-order valence-electron chi connectivity index (χ2n) is 7.10. The van der Waals surface area contributed by atoms with E-state index in [0.717, 1.165) is 49.7 Å². The summed E-state index contributed by atoms with van der Waals surface area (Å²) in [5.41, 5.74) is 0.831. The van der Waals surface area contributed by atoms with E-state index in [9.17, 15) is 4.79 Å². The highest BCUT2D eigenvalue weighted by molar-refractivity contribution is 7.09. The van der Waals surface area contributed by atoms with Gasteiger partial charge in [0, 0.05) is 31.0 Å². The third-order valence-corrected chi connectivity index (χ3v) is 6.22. The van der Waals surface area contributed by atoms with E-state index >= 15 is 0 Å². The summed E-state index contributed by atoms with van der Waals surface area (Å²) in [6.45, 7) is 7.27. The summed E-state index contributed by atoms with van der Waals surface area (Å²) in [5, 5.41) is 3.13. The van der Waals surface area contributed by atoms with E-state index in [-0.39, 0.29) is 11.6 Å². The SMILES string of the molecule is Cc1nc(COCC2CCOC23CN(C(=O)N2CCCC2)C3)cs1. The number of carbonyl (C=O) groups is 1. The minimum Gasteiger partial charge on any atom is -0.375 e. The van der Waals surface area contributed by atoms with Crippen molar-refractivity contribution in [1.82, 2.24) is 14.8 Å². The lowest BCUT2D eigenvalue weighted by Gasteiger charge is -2.50. The predicted molar refractivity (Wildman–Crippen MR) is 91.1 cm³/mol. The average molecular weight is 351 g/mol. The van der Waals surface area contributed by atoms with Crippen molar-refractivity contribution in [2.45, 2.75) is 38.4 Å². The number of hydrogen-bond acceptors (Lipinski definition) is 5. The van der Waals surface area contributed by atoms with E-state index in [1.807, 2.05) is 16.7 Å². The molecule has 1 atom stereocenters. The van der Waals surface area contributed by atoms with Crippen molar-refractivity contribution in [2.75, 3.05) is 39.4 Å². The highest BCUT2D eigenvalue weighted by Gasteiger charge is 2.55. The molecule has 3 aliphatic rings. The van der Waals surface area contributed by atoms with Crippen molar-refractivity contribution in [2.24, 2.45) is 5.92 Å². The number of aromatic nitrogens is 1. The largest absolute Gasteiger partial charge is 0.375 e. The summed E-state index contributed by atoms with van der Waals surface area (Å²) in [6, 6.07) is 0.186. The molecule has 1 aromatic rings. The molecule has 0 radical (unpaired) electrons. The minimum absolute atomic E-state index is 0.173. The normalized spacial score (nSPS) is 25.5. The first-order chi connectivity index (χ1) is 11.7. The monoisotopic (exact) mass is 351 g/mol. The van der Waals surface area contributed by atoms with Crippen LogP contribution in [0.3, 0.4) is 0 Å². The highest BCUT2D eigenvalue weighted by atomic mass is 32.1. The zero-order valence-electron chi connectivity index (χ0n) is 14.2. The Balaban J connectivity index is 1.27. The summed E-state index contributed by atoms with van der Waals surface area (Å²) in [5.74, 6) is 0.375. The first kappa shape index (κ1) is 16.3. The molecule has 3 saturated heterocycles. The van der Waals surface area contributed by atoms with Crippen molar-refractivity contribution in [1.29, 1.82) is 0 Å². The maximum Gasteiger partial charge on any atom is 0.320 e. The number of ether oxygens (including phenoxy) is 2. The lowest BCUT2D eigenvalue weighted by molar-refractivity contribution is -0.129. The smallest absolute Gasteiger partial charge is 0.320 e. The Hall–Kier alpha value is -1.18. The van der Waals surface area contributed by atoms with Crippen LogP contribution in [0.4, 0.5) is 4.79 Å². The van der Waals surface area contributed by atoms with Crippen LogP contribution in [-0.4, -0.2) is 65.8 Å².